The highest BCUT2D eigenvalue weighted by molar-refractivity contribution is 7.91. The lowest BCUT2D eigenvalue weighted by Crippen LogP contribution is -2.15. The Morgan fingerprint density at radius 1 is 0.789 bits per heavy atom. The number of fused-ring (bicyclic) bond motifs is 1. The zero-order chi connectivity index (χ0) is 28.7. The van der Waals surface area contributed by atoms with Gasteiger partial charge in [-0.2, -0.15) is 30.4 Å². The van der Waals surface area contributed by atoms with Crippen molar-refractivity contribution < 1.29 is 56.6 Å². The van der Waals surface area contributed by atoms with E-state index in [9.17, 15) is 47.9 Å². The number of hydrogen-bond acceptors (Lipinski definition) is 13. The maximum absolute atomic E-state index is 12.2. The van der Waals surface area contributed by atoms with Gasteiger partial charge in [-0.3, -0.25) is 13.7 Å². The zero-order valence-electron chi connectivity index (χ0n) is 18.5. The van der Waals surface area contributed by atoms with Crippen molar-refractivity contribution in [2.45, 2.75) is 14.7 Å². The number of benzene rings is 3. The van der Waals surface area contributed by atoms with Gasteiger partial charge < -0.3 is 10.8 Å². The number of anilines is 1. The van der Waals surface area contributed by atoms with Gasteiger partial charge in [0.2, 0.25) is 0 Å². The van der Waals surface area contributed by atoms with Crippen molar-refractivity contribution in [2.24, 2.45) is 10.2 Å². The van der Waals surface area contributed by atoms with Crippen LogP contribution in [0.15, 0.2) is 67.4 Å². The number of aromatic hydroxyl groups is 1. The number of hydrogen-bond donors (Lipinski definition) is 5. The molecule has 0 atom stereocenters. The maximum atomic E-state index is 12.2. The summed E-state index contributed by atoms with van der Waals surface area (Å²) in [6.45, 7) is -0.850. The van der Waals surface area contributed by atoms with E-state index in [1.54, 1.807) is 0 Å². The van der Waals surface area contributed by atoms with Crippen LogP contribution in [-0.2, 0) is 44.7 Å². The minimum absolute atomic E-state index is 0.0615. The Labute approximate surface area is 215 Å². The third-order valence-electron chi connectivity index (χ3n) is 4.78. The van der Waals surface area contributed by atoms with Crippen LogP contribution >= 0.6 is 0 Å². The van der Waals surface area contributed by atoms with Crippen LogP contribution in [0.3, 0.4) is 0 Å². The zero-order valence-corrected chi connectivity index (χ0v) is 21.8. The number of azo groups is 1. The second-order valence-corrected chi connectivity index (χ2v) is 13.4. The predicted molar refractivity (Wildman–Crippen MR) is 130 cm³/mol. The molecule has 0 aromatic heterocycles. The van der Waals surface area contributed by atoms with Gasteiger partial charge in [0.05, 0.1) is 27.8 Å². The molecule has 0 aliphatic carbocycles. The van der Waals surface area contributed by atoms with Crippen LogP contribution in [0.1, 0.15) is 0 Å². The van der Waals surface area contributed by atoms with Crippen molar-refractivity contribution in [3.05, 3.63) is 42.5 Å². The van der Waals surface area contributed by atoms with Gasteiger partial charge in [-0.15, -0.1) is 5.11 Å². The number of sulfone groups is 1. The molecule has 3 aromatic rings. The molecule has 20 heteroatoms. The Bertz CT molecular complexity index is 1880. The van der Waals surface area contributed by atoms with Crippen LogP contribution in [0.2, 0.25) is 0 Å². The van der Waals surface area contributed by atoms with Gasteiger partial charge in [0.1, 0.15) is 10.6 Å². The van der Waals surface area contributed by atoms with E-state index in [1.807, 2.05) is 0 Å². The summed E-state index contributed by atoms with van der Waals surface area (Å²) >= 11 is 0. The molecule has 0 unspecified atom stereocenters. The molecule has 0 aliphatic heterocycles. The average Bonchev–Trinajstić information content (AvgIpc) is 2.76. The van der Waals surface area contributed by atoms with E-state index < -0.39 is 79.7 Å². The number of phenols is 1. The second-order valence-electron chi connectivity index (χ2n) is 7.40. The van der Waals surface area contributed by atoms with Gasteiger partial charge >= 0.3 is 10.4 Å². The Morgan fingerprint density at radius 2 is 1.39 bits per heavy atom. The number of rotatable bonds is 9. The first-order valence-electron chi connectivity index (χ1n) is 9.70. The van der Waals surface area contributed by atoms with E-state index in [-0.39, 0.29) is 21.4 Å². The highest BCUT2D eigenvalue weighted by Crippen LogP contribution is 2.44. The molecule has 3 rings (SSSR count). The molecule has 206 valence electrons. The molecule has 6 N–H and O–H groups in total. The SMILES string of the molecule is Nc1cc(S(=O)(=O)O)cc2cc(S(=O)(=O)O)c(N=Nc3ccc(S(=O)(=O)CCOS(=O)(=O)O)cc3)c(O)c12. The maximum Gasteiger partial charge on any atom is 0.397 e. The summed E-state index contributed by atoms with van der Waals surface area (Å²) in [5.74, 6) is -1.70. The molecule has 0 radical (unpaired) electrons. The molecule has 0 spiro atoms. The average molecular weight is 612 g/mol. The van der Waals surface area contributed by atoms with Crippen molar-refractivity contribution >= 4 is 68.3 Å². The molecule has 16 nitrogen and oxygen atoms in total. The Balaban J connectivity index is 2.03. The summed E-state index contributed by atoms with van der Waals surface area (Å²) in [4.78, 5) is -1.99. The van der Waals surface area contributed by atoms with E-state index in [0.717, 1.165) is 42.5 Å². The van der Waals surface area contributed by atoms with Gasteiger partial charge in [-0.1, -0.05) is 0 Å². The Morgan fingerprint density at radius 3 is 1.92 bits per heavy atom. The molecule has 0 aliphatic rings. The molecule has 0 amide bonds. The van der Waals surface area contributed by atoms with E-state index in [1.165, 1.54) is 0 Å². The van der Waals surface area contributed by atoms with Crippen LogP contribution in [-0.4, -0.2) is 64.8 Å². The molecule has 38 heavy (non-hydrogen) atoms. The van der Waals surface area contributed by atoms with Crippen LogP contribution in [0.5, 0.6) is 5.75 Å². The highest BCUT2D eigenvalue weighted by atomic mass is 32.3. The van der Waals surface area contributed by atoms with Gasteiger partial charge in [-0.05, 0) is 47.9 Å². The first-order valence-corrected chi connectivity index (χ1v) is 15.6. The third kappa shape index (κ3) is 6.79. The van der Waals surface area contributed by atoms with E-state index >= 15 is 0 Å². The minimum Gasteiger partial charge on any atom is -0.505 e. The van der Waals surface area contributed by atoms with Crippen molar-refractivity contribution in [3.8, 4) is 5.75 Å². The van der Waals surface area contributed by atoms with Gasteiger partial charge in [0.25, 0.3) is 20.2 Å². The first kappa shape index (κ1) is 29.3. The van der Waals surface area contributed by atoms with Gasteiger partial charge in [0, 0.05) is 11.1 Å². The van der Waals surface area contributed by atoms with E-state index in [0.29, 0.717) is 0 Å². The predicted octanol–water partition coefficient (Wildman–Crippen LogP) is 1.63. The summed E-state index contributed by atoms with van der Waals surface area (Å²) in [6.07, 6.45) is 0. The monoisotopic (exact) mass is 611 g/mol. The molecule has 0 bridgehead atoms. The molecule has 0 saturated carbocycles. The summed E-state index contributed by atoms with van der Waals surface area (Å²) < 4.78 is 124. The number of phenolic OH excluding ortho intramolecular Hbond substituents is 1. The summed E-state index contributed by atoms with van der Waals surface area (Å²) in [7, 11) is -18.7. The fraction of sp³-hybridized carbons (Fsp3) is 0.111. The summed E-state index contributed by atoms with van der Waals surface area (Å²) in [5.41, 5.74) is 4.53. The lowest BCUT2D eigenvalue weighted by atomic mass is 10.1. The quantitative estimate of drug-likeness (QED) is 0.131. The minimum atomic E-state index is -5.08. The lowest BCUT2D eigenvalue weighted by molar-refractivity contribution is 0.284. The van der Waals surface area contributed by atoms with E-state index in [4.69, 9.17) is 10.3 Å². The standard InChI is InChI=1S/C18H17N3O13S4/c19-14-9-13(36(25,26)27)7-10-8-15(37(28,29)30)17(18(22)16(10)14)21-20-11-1-3-12(4-2-11)35(23,24)6-5-34-38(31,32)33/h1-4,7-9,22H,5-6,19H2,(H,25,26,27)(H,28,29,30)(H,31,32,33). The first-order chi connectivity index (χ1) is 17.3. The highest BCUT2D eigenvalue weighted by Gasteiger charge is 2.25. The summed E-state index contributed by atoms with van der Waals surface area (Å²) in [6, 6.07) is 6.69. The number of nitrogens with two attached hydrogens (primary N) is 1. The number of nitrogen functional groups attached to an aromatic ring is 1. The third-order valence-corrected chi connectivity index (χ3v) is 8.63. The smallest absolute Gasteiger partial charge is 0.397 e. The number of nitrogens with zero attached hydrogens (tertiary/aromatic N) is 2. The Kier molecular flexibility index (Phi) is 7.83. The van der Waals surface area contributed by atoms with Gasteiger partial charge in [0.15, 0.2) is 15.6 Å². The van der Waals surface area contributed by atoms with Crippen molar-refractivity contribution in [3.63, 3.8) is 0 Å². The van der Waals surface area contributed by atoms with Crippen LogP contribution in [0.4, 0.5) is 17.1 Å². The van der Waals surface area contributed by atoms with Crippen LogP contribution in [0.25, 0.3) is 10.8 Å². The topological polar surface area (TPSA) is 277 Å². The fourth-order valence-electron chi connectivity index (χ4n) is 3.13. The molecular formula is C18H17N3O13S4. The molecular weight excluding hydrogens is 594 g/mol. The van der Waals surface area contributed by atoms with Crippen molar-refractivity contribution in [1.82, 2.24) is 0 Å². The van der Waals surface area contributed by atoms with Crippen molar-refractivity contribution in [1.29, 1.82) is 0 Å². The lowest BCUT2D eigenvalue weighted by Gasteiger charge is -2.12. The molecule has 3 aromatic carbocycles. The van der Waals surface area contributed by atoms with E-state index in [2.05, 4.69) is 14.4 Å². The molecule has 0 saturated heterocycles. The molecule has 0 fully saturated rings. The van der Waals surface area contributed by atoms with Gasteiger partial charge in [-0.25, -0.2) is 12.6 Å². The van der Waals surface area contributed by atoms with Crippen molar-refractivity contribution in [2.75, 3.05) is 18.1 Å². The Hall–Kier alpha value is -3.24. The largest absolute Gasteiger partial charge is 0.505 e. The normalized spacial score (nSPS) is 13.3. The summed E-state index contributed by atoms with van der Waals surface area (Å²) in [5, 5.41) is 17.4. The molecule has 0 heterocycles. The fourth-order valence-corrected chi connectivity index (χ4v) is 5.83. The van der Waals surface area contributed by atoms with Crippen LogP contribution < -0.4 is 5.73 Å². The second kappa shape index (κ2) is 10.1. The van der Waals surface area contributed by atoms with Crippen LogP contribution in [0, 0.1) is 0 Å².